The van der Waals surface area contributed by atoms with Crippen molar-refractivity contribution in [2.24, 2.45) is 0 Å². The van der Waals surface area contributed by atoms with Crippen molar-refractivity contribution < 1.29 is 17.9 Å². The summed E-state index contributed by atoms with van der Waals surface area (Å²) in [6.07, 6.45) is 3.04. The third-order valence-electron chi connectivity index (χ3n) is 6.20. The molecule has 0 saturated carbocycles. The molecule has 3 aromatic rings. The number of amides is 1. The van der Waals surface area contributed by atoms with E-state index >= 15 is 0 Å². The lowest BCUT2D eigenvalue weighted by molar-refractivity contribution is 0.0981. The monoisotopic (exact) mass is 544 g/mol. The number of nitrogens with one attached hydrogen (secondary N) is 2. The van der Waals surface area contributed by atoms with Crippen LogP contribution in [0, 0.1) is 0 Å². The standard InChI is InChI=1S/C26H29ClN4O5S/c1-15(2)36-22-14-18(9-11-20(22)27)21-12-10-19(24(29-21)31-16(3)7-8-17(31)4)25(32)30-37(34,35)23-6-5-13-28-26(23)33/h5-6,9-17H,7-8H2,1-4H3,(H,28,33)(H,30,32)/t16-,17+. The molecule has 0 bridgehead atoms. The summed E-state index contributed by atoms with van der Waals surface area (Å²) in [7, 11) is -4.41. The molecule has 37 heavy (non-hydrogen) atoms. The maximum Gasteiger partial charge on any atom is 0.269 e. The second-order valence-corrected chi connectivity index (χ2v) is 11.4. The van der Waals surface area contributed by atoms with Gasteiger partial charge in [0.2, 0.25) is 0 Å². The highest BCUT2D eigenvalue weighted by molar-refractivity contribution is 7.90. The molecule has 11 heteroatoms. The van der Waals surface area contributed by atoms with Crippen LogP contribution < -0.4 is 19.9 Å². The number of hydrogen-bond acceptors (Lipinski definition) is 7. The molecule has 0 unspecified atom stereocenters. The van der Waals surface area contributed by atoms with Crippen molar-refractivity contribution in [2.45, 2.75) is 63.6 Å². The SMILES string of the molecule is CC(C)Oc1cc(-c2ccc(C(=O)NS(=O)(=O)c3ccc[nH]c3=O)c(N3[C@H](C)CC[C@@H]3C)n2)ccc1Cl. The van der Waals surface area contributed by atoms with Gasteiger partial charge in [0.25, 0.3) is 21.5 Å². The molecule has 0 aliphatic carbocycles. The van der Waals surface area contributed by atoms with Gasteiger partial charge in [0, 0.05) is 23.8 Å². The number of carbonyl (C=O) groups excluding carboxylic acids is 1. The Morgan fingerprint density at radius 2 is 1.86 bits per heavy atom. The van der Waals surface area contributed by atoms with Crippen molar-refractivity contribution in [3.63, 3.8) is 0 Å². The number of benzene rings is 1. The number of rotatable bonds is 7. The Balaban J connectivity index is 1.77. The van der Waals surface area contributed by atoms with Crippen LogP contribution in [0.1, 0.15) is 50.9 Å². The molecular formula is C26H29ClN4O5S. The van der Waals surface area contributed by atoms with E-state index in [2.05, 4.69) is 4.98 Å². The summed E-state index contributed by atoms with van der Waals surface area (Å²) in [5, 5.41) is 0.469. The first-order chi connectivity index (χ1) is 17.5. The topological polar surface area (TPSA) is 121 Å². The van der Waals surface area contributed by atoms with E-state index < -0.39 is 26.4 Å². The summed E-state index contributed by atoms with van der Waals surface area (Å²) in [4.78, 5) is 33.9. The number of ether oxygens (including phenoxy) is 1. The molecule has 1 aliphatic rings. The minimum absolute atomic E-state index is 0.0764. The molecule has 1 fully saturated rings. The van der Waals surface area contributed by atoms with Crippen molar-refractivity contribution in [3.05, 3.63) is 69.6 Å². The fraction of sp³-hybridized carbons (Fsp3) is 0.346. The molecule has 1 saturated heterocycles. The number of halogens is 1. The third kappa shape index (κ3) is 5.65. The van der Waals surface area contributed by atoms with Crippen LogP contribution in [0.25, 0.3) is 11.3 Å². The molecule has 2 N–H and O–H groups in total. The predicted molar refractivity (Wildman–Crippen MR) is 143 cm³/mol. The van der Waals surface area contributed by atoms with Crippen molar-refractivity contribution in [1.29, 1.82) is 0 Å². The van der Waals surface area contributed by atoms with Gasteiger partial charge in [-0.15, -0.1) is 0 Å². The first kappa shape index (κ1) is 26.7. The summed E-state index contributed by atoms with van der Waals surface area (Å²) in [5.41, 5.74) is 0.579. The number of pyridine rings is 2. The summed E-state index contributed by atoms with van der Waals surface area (Å²) >= 11 is 6.30. The number of sulfonamides is 1. The zero-order valence-corrected chi connectivity index (χ0v) is 22.6. The van der Waals surface area contributed by atoms with Gasteiger partial charge >= 0.3 is 0 Å². The third-order valence-corrected chi connectivity index (χ3v) is 7.87. The molecule has 1 aliphatic heterocycles. The van der Waals surface area contributed by atoms with E-state index in [1.54, 1.807) is 24.3 Å². The second-order valence-electron chi connectivity index (χ2n) is 9.36. The van der Waals surface area contributed by atoms with Crippen LogP contribution in [-0.2, 0) is 10.0 Å². The summed E-state index contributed by atoms with van der Waals surface area (Å²) in [6.45, 7) is 7.88. The number of nitrogens with zero attached hydrogens (tertiary/aromatic N) is 2. The van der Waals surface area contributed by atoms with Gasteiger partial charge in [-0.2, -0.15) is 0 Å². The van der Waals surface area contributed by atoms with Crippen LogP contribution >= 0.6 is 11.6 Å². The van der Waals surface area contributed by atoms with Gasteiger partial charge in [0.15, 0.2) is 4.90 Å². The normalized spacial score (nSPS) is 17.7. The smallest absolute Gasteiger partial charge is 0.269 e. The minimum Gasteiger partial charge on any atom is -0.489 e. The summed E-state index contributed by atoms with van der Waals surface area (Å²) < 4.78 is 33.5. The number of carbonyl (C=O) groups is 1. The van der Waals surface area contributed by atoms with E-state index in [1.807, 2.05) is 43.4 Å². The molecule has 0 radical (unpaired) electrons. The fourth-order valence-corrected chi connectivity index (χ4v) is 5.64. The zero-order valence-electron chi connectivity index (χ0n) is 21.0. The molecule has 196 valence electrons. The Kier molecular flexibility index (Phi) is 7.61. The summed E-state index contributed by atoms with van der Waals surface area (Å²) in [6, 6.07) is 11.2. The molecule has 0 spiro atoms. The maximum absolute atomic E-state index is 13.3. The second kappa shape index (κ2) is 10.5. The summed E-state index contributed by atoms with van der Waals surface area (Å²) in [5.74, 6) is 0.0101. The largest absolute Gasteiger partial charge is 0.489 e. The van der Waals surface area contributed by atoms with Gasteiger partial charge in [-0.3, -0.25) is 9.59 Å². The number of H-pyrrole nitrogens is 1. The van der Waals surface area contributed by atoms with Crippen molar-refractivity contribution in [3.8, 4) is 17.0 Å². The molecule has 2 atom stereocenters. The molecule has 1 aromatic carbocycles. The zero-order chi connectivity index (χ0) is 26.9. The highest BCUT2D eigenvalue weighted by Crippen LogP contribution is 2.35. The Morgan fingerprint density at radius 3 is 2.51 bits per heavy atom. The lowest BCUT2D eigenvalue weighted by Crippen LogP contribution is -2.38. The average molecular weight is 545 g/mol. The first-order valence-electron chi connectivity index (χ1n) is 12.0. The average Bonchev–Trinajstić information content (AvgIpc) is 3.17. The Labute approximate surface area is 220 Å². The van der Waals surface area contributed by atoms with Gasteiger partial charge in [0.05, 0.1) is 22.4 Å². The fourth-order valence-electron chi connectivity index (χ4n) is 4.45. The van der Waals surface area contributed by atoms with Crippen LogP contribution in [0.4, 0.5) is 5.82 Å². The quantitative estimate of drug-likeness (QED) is 0.453. The van der Waals surface area contributed by atoms with Gasteiger partial charge in [0.1, 0.15) is 11.6 Å². The van der Waals surface area contributed by atoms with Crippen molar-refractivity contribution in [2.75, 3.05) is 4.90 Å². The molecule has 9 nitrogen and oxygen atoms in total. The minimum atomic E-state index is -4.41. The molecule has 4 rings (SSSR count). The first-order valence-corrected chi connectivity index (χ1v) is 13.8. The number of aromatic amines is 1. The van der Waals surface area contributed by atoms with Gasteiger partial charge in [-0.1, -0.05) is 17.7 Å². The molecule has 2 aromatic heterocycles. The van der Waals surface area contributed by atoms with Crippen LogP contribution in [0.3, 0.4) is 0 Å². The van der Waals surface area contributed by atoms with Crippen LogP contribution in [0.5, 0.6) is 5.75 Å². The van der Waals surface area contributed by atoms with Crippen molar-refractivity contribution in [1.82, 2.24) is 14.7 Å². The highest BCUT2D eigenvalue weighted by atomic mass is 35.5. The highest BCUT2D eigenvalue weighted by Gasteiger charge is 2.33. The van der Waals surface area contributed by atoms with E-state index in [4.69, 9.17) is 21.3 Å². The molecule has 1 amide bonds. The number of aromatic nitrogens is 2. The Bertz CT molecular complexity index is 1480. The van der Waals surface area contributed by atoms with Gasteiger partial charge < -0.3 is 14.6 Å². The van der Waals surface area contributed by atoms with Gasteiger partial charge in [-0.25, -0.2) is 18.1 Å². The lowest BCUT2D eigenvalue weighted by Gasteiger charge is -2.29. The van der Waals surface area contributed by atoms with Crippen LogP contribution in [-0.4, -0.2) is 42.5 Å². The van der Waals surface area contributed by atoms with Crippen molar-refractivity contribution >= 4 is 33.3 Å². The molecular weight excluding hydrogens is 516 g/mol. The molecule has 3 heterocycles. The van der Waals surface area contributed by atoms with Crippen LogP contribution in [0.2, 0.25) is 5.02 Å². The number of hydrogen-bond donors (Lipinski definition) is 2. The van der Waals surface area contributed by atoms with E-state index in [0.29, 0.717) is 22.3 Å². The Morgan fingerprint density at radius 1 is 1.16 bits per heavy atom. The Hall–Kier alpha value is -3.37. The van der Waals surface area contributed by atoms with Crippen LogP contribution in [0.15, 0.2) is 58.4 Å². The lowest BCUT2D eigenvalue weighted by atomic mass is 10.1. The number of anilines is 1. The maximum atomic E-state index is 13.3. The predicted octanol–water partition coefficient (Wildman–Crippen LogP) is 4.37. The van der Waals surface area contributed by atoms with E-state index in [0.717, 1.165) is 24.5 Å². The van der Waals surface area contributed by atoms with E-state index in [-0.39, 0.29) is 23.8 Å². The van der Waals surface area contributed by atoms with Gasteiger partial charge in [-0.05, 0) is 76.9 Å². The van der Waals surface area contributed by atoms with E-state index in [9.17, 15) is 18.0 Å². The van der Waals surface area contributed by atoms with E-state index in [1.165, 1.54) is 12.3 Å².